The third-order valence-corrected chi connectivity index (χ3v) is 5.17. The summed E-state index contributed by atoms with van der Waals surface area (Å²) in [5.74, 6) is -0.275. The molecule has 25 heavy (non-hydrogen) atoms. The van der Waals surface area contributed by atoms with Crippen LogP contribution in [0, 0.1) is 13.8 Å². The molecule has 0 aliphatic rings. The van der Waals surface area contributed by atoms with E-state index in [1.54, 1.807) is 13.0 Å². The first kappa shape index (κ1) is 19.1. The smallest absolute Gasteiger partial charge is 0.251 e. The molecule has 0 aliphatic carbocycles. The molecule has 0 spiro atoms. The highest BCUT2D eigenvalue weighted by molar-refractivity contribution is 7.89. The van der Waals surface area contributed by atoms with E-state index in [-0.39, 0.29) is 23.4 Å². The molecular weight excluding hydrogens is 336 g/mol. The molecule has 6 heteroatoms. The molecule has 0 saturated carbocycles. The lowest BCUT2D eigenvalue weighted by Crippen LogP contribution is -2.31. The quantitative estimate of drug-likeness (QED) is 0.832. The SMILES string of the molecule is Cc1ccc(CNS(=O)(=O)c2ccc(C)c(C(=O)NC(C)C)c2)cc1. The summed E-state index contributed by atoms with van der Waals surface area (Å²) in [6.45, 7) is 7.67. The zero-order valence-corrected chi connectivity index (χ0v) is 15.8. The third kappa shape index (κ3) is 5.14. The Morgan fingerprint density at radius 2 is 1.68 bits per heavy atom. The Morgan fingerprint density at radius 1 is 1.04 bits per heavy atom. The fourth-order valence-electron chi connectivity index (χ4n) is 2.32. The maximum atomic E-state index is 12.5. The van der Waals surface area contributed by atoms with Gasteiger partial charge in [-0.3, -0.25) is 4.79 Å². The van der Waals surface area contributed by atoms with Crippen LogP contribution in [0.5, 0.6) is 0 Å². The van der Waals surface area contributed by atoms with E-state index in [1.165, 1.54) is 12.1 Å². The Morgan fingerprint density at radius 3 is 2.28 bits per heavy atom. The highest BCUT2D eigenvalue weighted by Gasteiger charge is 2.18. The summed E-state index contributed by atoms with van der Waals surface area (Å²) >= 11 is 0. The second-order valence-electron chi connectivity index (χ2n) is 6.42. The van der Waals surface area contributed by atoms with Gasteiger partial charge in [0.05, 0.1) is 4.90 Å². The topological polar surface area (TPSA) is 75.3 Å². The van der Waals surface area contributed by atoms with Crippen molar-refractivity contribution in [3.05, 3.63) is 64.7 Å². The molecule has 2 aromatic carbocycles. The summed E-state index contributed by atoms with van der Waals surface area (Å²) in [4.78, 5) is 12.3. The van der Waals surface area contributed by atoms with Gasteiger partial charge in [-0.2, -0.15) is 0 Å². The van der Waals surface area contributed by atoms with E-state index in [0.29, 0.717) is 5.56 Å². The summed E-state index contributed by atoms with van der Waals surface area (Å²) in [5.41, 5.74) is 3.09. The van der Waals surface area contributed by atoms with Crippen LogP contribution < -0.4 is 10.0 Å². The molecule has 0 bridgehead atoms. The number of aryl methyl sites for hydroxylation is 2. The normalized spacial score (nSPS) is 11.6. The minimum atomic E-state index is -3.70. The lowest BCUT2D eigenvalue weighted by molar-refractivity contribution is 0.0942. The molecular formula is C19H24N2O3S. The number of sulfonamides is 1. The summed E-state index contributed by atoms with van der Waals surface area (Å²) in [6, 6.07) is 12.2. The Labute approximate surface area is 149 Å². The minimum Gasteiger partial charge on any atom is -0.350 e. The van der Waals surface area contributed by atoms with Crippen LogP contribution in [0.2, 0.25) is 0 Å². The fourth-order valence-corrected chi connectivity index (χ4v) is 3.36. The number of carbonyl (C=O) groups excluding carboxylic acids is 1. The molecule has 1 amide bonds. The van der Waals surface area contributed by atoms with Crippen LogP contribution in [0.1, 0.15) is 40.9 Å². The highest BCUT2D eigenvalue weighted by atomic mass is 32.2. The first-order valence-electron chi connectivity index (χ1n) is 8.16. The Kier molecular flexibility index (Phi) is 5.98. The molecule has 0 heterocycles. The highest BCUT2D eigenvalue weighted by Crippen LogP contribution is 2.16. The number of hydrogen-bond donors (Lipinski definition) is 2. The van der Waals surface area contributed by atoms with Crippen LogP contribution in [0.4, 0.5) is 0 Å². The van der Waals surface area contributed by atoms with E-state index in [4.69, 9.17) is 0 Å². The van der Waals surface area contributed by atoms with Gasteiger partial charge in [0.1, 0.15) is 0 Å². The van der Waals surface area contributed by atoms with Crippen LogP contribution in [0.25, 0.3) is 0 Å². The van der Waals surface area contributed by atoms with E-state index in [0.717, 1.165) is 16.7 Å². The van der Waals surface area contributed by atoms with Gasteiger partial charge in [-0.25, -0.2) is 13.1 Å². The van der Waals surface area contributed by atoms with Crippen molar-refractivity contribution < 1.29 is 13.2 Å². The molecule has 0 radical (unpaired) electrons. The van der Waals surface area contributed by atoms with Crippen molar-refractivity contribution in [3.63, 3.8) is 0 Å². The van der Waals surface area contributed by atoms with Gasteiger partial charge >= 0.3 is 0 Å². The number of hydrogen-bond acceptors (Lipinski definition) is 3. The molecule has 2 aromatic rings. The van der Waals surface area contributed by atoms with Gasteiger partial charge in [-0.15, -0.1) is 0 Å². The molecule has 0 atom stereocenters. The molecule has 0 fully saturated rings. The maximum Gasteiger partial charge on any atom is 0.251 e. The first-order valence-corrected chi connectivity index (χ1v) is 9.64. The molecule has 134 valence electrons. The van der Waals surface area contributed by atoms with E-state index in [9.17, 15) is 13.2 Å². The van der Waals surface area contributed by atoms with Crippen LogP contribution in [-0.2, 0) is 16.6 Å². The van der Waals surface area contributed by atoms with Gasteiger partial charge in [0.25, 0.3) is 5.91 Å². The van der Waals surface area contributed by atoms with Gasteiger partial charge in [0.15, 0.2) is 0 Å². The third-order valence-electron chi connectivity index (χ3n) is 3.77. The van der Waals surface area contributed by atoms with E-state index in [2.05, 4.69) is 10.0 Å². The van der Waals surface area contributed by atoms with E-state index < -0.39 is 10.0 Å². The molecule has 0 saturated heterocycles. The summed E-state index contributed by atoms with van der Waals surface area (Å²) < 4.78 is 27.7. The van der Waals surface area contributed by atoms with E-state index in [1.807, 2.05) is 45.0 Å². The van der Waals surface area contributed by atoms with Crippen molar-refractivity contribution >= 4 is 15.9 Å². The fraction of sp³-hybridized carbons (Fsp3) is 0.316. The Balaban J connectivity index is 2.21. The average Bonchev–Trinajstić information content (AvgIpc) is 2.54. The van der Waals surface area contributed by atoms with Crippen molar-refractivity contribution in [2.75, 3.05) is 0 Å². The van der Waals surface area contributed by atoms with Gasteiger partial charge in [-0.05, 0) is 51.0 Å². The van der Waals surface area contributed by atoms with E-state index >= 15 is 0 Å². The van der Waals surface area contributed by atoms with Crippen LogP contribution in [0.15, 0.2) is 47.4 Å². The van der Waals surface area contributed by atoms with Gasteiger partial charge in [-0.1, -0.05) is 35.9 Å². The van der Waals surface area contributed by atoms with Crippen molar-refractivity contribution in [2.24, 2.45) is 0 Å². The maximum absolute atomic E-state index is 12.5. The summed E-state index contributed by atoms with van der Waals surface area (Å²) in [6.07, 6.45) is 0. The Bertz CT molecular complexity index is 857. The van der Waals surface area contributed by atoms with Crippen LogP contribution in [0.3, 0.4) is 0 Å². The first-order chi connectivity index (χ1) is 11.7. The standard InChI is InChI=1S/C19H24N2O3S/c1-13(2)21-19(22)18-11-17(10-7-15(18)4)25(23,24)20-12-16-8-5-14(3)6-9-16/h5-11,13,20H,12H2,1-4H3,(H,21,22). The molecule has 5 nitrogen and oxygen atoms in total. The minimum absolute atomic E-state index is 0.0215. The van der Waals surface area contributed by atoms with Crippen molar-refractivity contribution in [1.82, 2.24) is 10.0 Å². The number of carbonyl (C=O) groups is 1. The average molecular weight is 360 g/mol. The number of benzene rings is 2. The largest absolute Gasteiger partial charge is 0.350 e. The predicted molar refractivity (Wildman–Crippen MR) is 99.0 cm³/mol. The lowest BCUT2D eigenvalue weighted by Gasteiger charge is -2.13. The second-order valence-corrected chi connectivity index (χ2v) is 8.18. The Hall–Kier alpha value is -2.18. The molecule has 0 aromatic heterocycles. The molecule has 2 N–H and O–H groups in total. The van der Waals surface area contributed by atoms with Gasteiger partial charge in [0.2, 0.25) is 10.0 Å². The number of nitrogens with one attached hydrogen (secondary N) is 2. The van der Waals surface area contributed by atoms with Gasteiger partial charge < -0.3 is 5.32 Å². The van der Waals surface area contributed by atoms with Gasteiger partial charge in [0, 0.05) is 18.2 Å². The monoisotopic (exact) mass is 360 g/mol. The van der Waals surface area contributed by atoms with Crippen LogP contribution >= 0.6 is 0 Å². The van der Waals surface area contributed by atoms with Crippen molar-refractivity contribution in [1.29, 1.82) is 0 Å². The summed E-state index contributed by atoms with van der Waals surface area (Å²) in [5, 5.41) is 2.79. The molecule has 0 unspecified atom stereocenters. The van der Waals surface area contributed by atoms with Crippen molar-refractivity contribution in [3.8, 4) is 0 Å². The lowest BCUT2D eigenvalue weighted by atomic mass is 10.1. The predicted octanol–water partition coefficient (Wildman–Crippen LogP) is 2.92. The zero-order valence-electron chi connectivity index (χ0n) is 15.0. The molecule has 0 aliphatic heterocycles. The number of rotatable bonds is 6. The zero-order chi connectivity index (χ0) is 18.6. The van der Waals surface area contributed by atoms with Crippen LogP contribution in [-0.4, -0.2) is 20.4 Å². The van der Waals surface area contributed by atoms with Crippen molar-refractivity contribution in [2.45, 2.75) is 45.2 Å². The summed E-state index contributed by atoms with van der Waals surface area (Å²) in [7, 11) is -3.70. The second kappa shape index (κ2) is 7.80. The number of amides is 1. The molecule has 2 rings (SSSR count).